The van der Waals surface area contributed by atoms with Crippen LogP contribution in [0.2, 0.25) is 0 Å². The van der Waals surface area contributed by atoms with Crippen LogP contribution in [0.25, 0.3) is 0 Å². The van der Waals surface area contributed by atoms with Gasteiger partial charge in [0.25, 0.3) is 10.0 Å². The summed E-state index contributed by atoms with van der Waals surface area (Å²) < 4.78 is 33.6. The van der Waals surface area contributed by atoms with Gasteiger partial charge < -0.3 is 10.5 Å². The summed E-state index contributed by atoms with van der Waals surface area (Å²) in [4.78, 5) is 12.0. The number of anilines is 2. The predicted molar refractivity (Wildman–Crippen MR) is 125 cm³/mol. The second-order valence-electron chi connectivity index (χ2n) is 6.64. The molecule has 0 fully saturated rings. The van der Waals surface area contributed by atoms with Gasteiger partial charge in [0, 0.05) is 22.6 Å². The van der Waals surface area contributed by atoms with Crippen LogP contribution in [0, 0.1) is 0 Å². The molecule has 31 heavy (non-hydrogen) atoms. The average Bonchev–Trinajstić information content (AvgIpc) is 2.73. The summed E-state index contributed by atoms with van der Waals surface area (Å²) in [5.74, 6) is 0.665. The molecule has 0 aliphatic rings. The van der Waals surface area contributed by atoms with Gasteiger partial charge in [0.15, 0.2) is 0 Å². The molecule has 0 saturated carbocycles. The zero-order valence-electron chi connectivity index (χ0n) is 16.7. The lowest BCUT2D eigenvalue weighted by Gasteiger charge is -2.16. The molecule has 0 atom stereocenters. The number of hydrogen-bond acceptors (Lipinski definition) is 6. The van der Waals surface area contributed by atoms with Crippen LogP contribution in [0.3, 0.4) is 0 Å². The Hall–Kier alpha value is -2.68. The van der Waals surface area contributed by atoms with Gasteiger partial charge in [-0.15, -0.1) is 11.8 Å². The molecular formula is C22H21ClN2O4S2. The van der Waals surface area contributed by atoms with E-state index in [1.54, 1.807) is 12.1 Å². The van der Waals surface area contributed by atoms with Gasteiger partial charge >= 0.3 is 0 Å². The first-order chi connectivity index (χ1) is 14.8. The van der Waals surface area contributed by atoms with E-state index in [9.17, 15) is 13.2 Å². The summed E-state index contributed by atoms with van der Waals surface area (Å²) in [5.41, 5.74) is 8.32. The molecule has 0 amide bonds. The highest BCUT2D eigenvalue weighted by Gasteiger charge is 2.18. The first kappa shape index (κ1) is 23.0. The zero-order chi connectivity index (χ0) is 22.4. The minimum absolute atomic E-state index is 0.109. The van der Waals surface area contributed by atoms with Crippen LogP contribution in [0.5, 0.6) is 5.75 Å². The summed E-state index contributed by atoms with van der Waals surface area (Å²) in [6.07, 6.45) is 0.542. The summed E-state index contributed by atoms with van der Waals surface area (Å²) in [6.45, 7) is 0. The molecule has 0 spiro atoms. The Kier molecular flexibility index (Phi) is 7.48. The van der Waals surface area contributed by atoms with Gasteiger partial charge in [-0.25, -0.2) is 8.42 Å². The molecular weight excluding hydrogens is 456 g/mol. The van der Waals surface area contributed by atoms with E-state index in [0.717, 1.165) is 16.0 Å². The molecule has 0 unspecified atom stereocenters. The van der Waals surface area contributed by atoms with Crippen LogP contribution in [0.4, 0.5) is 11.4 Å². The average molecular weight is 477 g/mol. The number of rotatable bonds is 9. The third-order valence-corrected chi connectivity index (χ3v) is 7.09. The number of hydrogen-bond donors (Lipinski definition) is 2. The van der Waals surface area contributed by atoms with E-state index in [1.165, 1.54) is 43.1 Å². The van der Waals surface area contributed by atoms with Gasteiger partial charge in [0.1, 0.15) is 5.75 Å². The Labute approximate surface area is 190 Å². The molecule has 162 valence electrons. The smallest absolute Gasteiger partial charge is 0.262 e. The first-order valence-electron chi connectivity index (χ1n) is 9.23. The molecule has 3 aromatic carbocycles. The fraction of sp³-hybridized carbons (Fsp3) is 0.136. The van der Waals surface area contributed by atoms with E-state index < -0.39 is 15.3 Å². The second-order valence-corrected chi connectivity index (χ2v) is 9.79. The summed E-state index contributed by atoms with van der Waals surface area (Å²) in [7, 11) is -2.30. The molecule has 0 bridgehead atoms. The number of sulfonamides is 1. The van der Waals surface area contributed by atoms with Gasteiger partial charge in [0.05, 0.1) is 23.4 Å². The normalized spacial score (nSPS) is 11.2. The molecule has 0 heterocycles. The fourth-order valence-corrected chi connectivity index (χ4v) is 4.79. The van der Waals surface area contributed by atoms with Crippen molar-refractivity contribution in [2.75, 3.05) is 23.3 Å². The third kappa shape index (κ3) is 6.16. The van der Waals surface area contributed by atoms with Gasteiger partial charge in [-0.05, 0) is 59.6 Å². The molecule has 0 aliphatic heterocycles. The second kappa shape index (κ2) is 10.1. The van der Waals surface area contributed by atoms with Crippen molar-refractivity contribution in [3.8, 4) is 5.75 Å². The third-order valence-electron chi connectivity index (χ3n) is 4.41. The minimum Gasteiger partial charge on any atom is -0.494 e. The van der Waals surface area contributed by atoms with Crippen molar-refractivity contribution in [2.24, 2.45) is 0 Å². The Balaban J connectivity index is 1.81. The Morgan fingerprint density at radius 2 is 1.74 bits per heavy atom. The minimum atomic E-state index is -3.80. The van der Waals surface area contributed by atoms with Gasteiger partial charge in [-0.2, -0.15) is 0 Å². The van der Waals surface area contributed by atoms with Crippen molar-refractivity contribution >= 4 is 50.0 Å². The molecule has 3 aromatic rings. The molecule has 3 rings (SSSR count). The molecule has 0 radical (unpaired) electrons. The molecule has 9 heteroatoms. The van der Waals surface area contributed by atoms with Crippen LogP contribution in [0.15, 0.2) is 76.5 Å². The van der Waals surface area contributed by atoms with Crippen LogP contribution in [0.1, 0.15) is 11.1 Å². The topological polar surface area (TPSA) is 98.5 Å². The van der Waals surface area contributed by atoms with Crippen molar-refractivity contribution in [1.29, 1.82) is 0 Å². The highest BCUT2D eigenvalue weighted by Crippen LogP contribution is 2.32. The van der Waals surface area contributed by atoms with Crippen LogP contribution < -0.4 is 15.2 Å². The van der Waals surface area contributed by atoms with Crippen molar-refractivity contribution in [1.82, 2.24) is 0 Å². The monoisotopic (exact) mass is 476 g/mol. The summed E-state index contributed by atoms with van der Waals surface area (Å²) >= 11 is 6.75. The van der Waals surface area contributed by atoms with Gasteiger partial charge in [0.2, 0.25) is 5.24 Å². The first-order valence-corrected chi connectivity index (χ1v) is 12.1. The molecule has 3 N–H and O–H groups in total. The summed E-state index contributed by atoms with van der Waals surface area (Å²) in [5, 5.41) is -0.392. The number of carbonyl (C=O) groups excluding carboxylic acids is 1. The predicted octanol–water partition coefficient (Wildman–Crippen LogP) is 4.53. The van der Waals surface area contributed by atoms with E-state index in [-0.39, 0.29) is 10.6 Å². The van der Waals surface area contributed by atoms with Crippen molar-refractivity contribution in [2.45, 2.75) is 16.2 Å². The Morgan fingerprint density at radius 3 is 2.35 bits per heavy atom. The van der Waals surface area contributed by atoms with Gasteiger partial charge in [-0.1, -0.05) is 24.3 Å². The summed E-state index contributed by atoms with van der Waals surface area (Å²) in [6, 6.07) is 19.0. The highest BCUT2D eigenvalue weighted by molar-refractivity contribution is 8.00. The number of nitrogen functional groups attached to an aromatic ring is 1. The number of benzene rings is 3. The number of nitrogens with one attached hydrogen (secondary N) is 1. The van der Waals surface area contributed by atoms with E-state index >= 15 is 0 Å². The fourth-order valence-electron chi connectivity index (χ4n) is 2.96. The highest BCUT2D eigenvalue weighted by atomic mass is 35.5. The van der Waals surface area contributed by atoms with E-state index in [2.05, 4.69) is 4.72 Å². The lowest BCUT2D eigenvalue weighted by atomic mass is 10.0. The Morgan fingerprint density at radius 1 is 1.06 bits per heavy atom. The van der Waals surface area contributed by atoms with Crippen molar-refractivity contribution < 1.29 is 17.9 Å². The quantitative estimate of drug-likeness (QED) is 0.267. The van der Waals surface area contributed by atoms with Crippen LogP contribution >= 0.6 is 23.4 Å². The lowest BCUT2D eigenvalue weighted by Crippen LogP contribution is -2.14. The van der Waals surface area contributed by atoms with Crippen molar-refractivity contribution in [3.63, 3.8) is 0 Å². The van der Waals surface area contributed by atoms with Crippen LogP contribution in [-0.4, -0.2) is 26.5 Å². The lowest BCUT2D eigenvalue weighted by molar-refractivity contribution is -0.109. The van der Waals surface area contributed by atoms with E-state index in [0.29, 0.717) is 23.5 Å². The van der Waals surface area contributed by atoms with Crippen LogP contribution in [-0.2, 0) is 21.2 Å². The SMILES string of the molecule is COc1c(Cc2ccc(SCC(=O)Cl)cc2)cccc1NS(=O)(=O)c1ccc(N)cc1. The zero-order valence-corrected chi connectivity index (χ0v) is 19.1. The van der Waals surface area contributed by atoms with Crippen molar-refractivity contribution in [3.05, 3.63) is 77.9 Å². The number of ether oxygens (including phenoxy) is 1. The maximum absolute atomic E-state index is 12.8. The van der Waals surface area contributed by atoms with E-state index in [4.69, 9.17) is 22.1 Å². The maximum atomic E-state index is 12.8. The number of nitrogens with two attached hydrogens (primary N) is 1. The number of carbonyl (C=O) groups is 1. The standard InChI is InChI=1S/C22H21ClN2O4S2/c1-29-22-16(13-15-5-9-18(10-6-15)30-14-21(23)26)3-2-4-20(22)25-31(27,28)19-11-7-17(24)8-12-19/h2-12,25H,13-14,24H2,1H3. The number of thioether (sulfide) groups is 1. The number of para-hydroxylation sites is 1. The number of halogens is 1. The molecule has 6 nitrogen and oxygen atoms in total. The number of methoxy groups -OCH3 is 1. The largest absolute Gasteiger partial charge is 0.494 e. The molecule has 0 aromatic heterocycles. The Bertz CT molecular complexity index is 1170. The van der Waals surface area contributed by atoms with Gasteiger partial charge in [-0.3, -0.25) is 9.52 Å². The maximum Gasteiger partial charge on any atom is 0.262 e. The molecule has 0 saturated heterocycles. The molecule has 0 aliphatic carbocycles. The van der Waals surface area contributed by atoms with E-state index in [1.807, 2.05) is 30.3 Å².